The van der Waals surface area contributed by atoms with Gasteiger partial charge in [0.1, 0.15) is 5.60 Å². The van der Waals surface area contributed by atoms with E-state index in [1.807, 2.05) is 39.0 Å². The van der Waals surface area contributed by atoms with Gasteiger partial charge in [0.05, 0.1) is 5.52 Å². The Bertz CT molecular complexity index is 814. The zero-order valence-electron chi connectivity index (χ0n) is 15.4. The fourth-order valence-electron chi connectivity index (χ4n) is 3.17. The topological polar surface area (TPSA) is 83.8 Å². The fraction of sp³-hybridized carbons (Fsp3) is 0.474. The third kappa shape index (κ3) is 4.09. The number of benzene rings is 1. The van der Waals surface area contributed by atoms with Gasteiger partial charge in [0.15, 0.2) is 0 Å². The number of amides is 1. The van der Waals surface area contributed by atoms with Gasteiger partial charge < -0.3 is 20.1 Å². The smallest absolute Gasteiger partial charge is 0.415 e. The van der Waals surface area contributed by atoms with Crippen LogP contribution in [0.2, 0.25) is 0 Å². The molecule has 7 nitrogen and oxygen atoms in total. The molecule has 1 fully saturated rings. The molecule has 0 unspecified atom stereocenters. The van der Waals surface area contributed by atoms with Crippen molar-refractivity contribution in [2.45, 2.75) is 45.3 Å². The van der Waals surface area contributed by atoms with Crippen LogP contribution in [0.5, 0.6) is 0 Å². The van der Waals surface area contributed by atoms with Gasteiger partial charge in [-0.2, -0.15) is 0 Å². The number of fused-ring (bicyclic) bond motifs is 1. The van der Waals surface area contributed by atoms with Crippen LogP contribution in [0, 0.1) is 0 Å². The molecule has 1 aromatic carbocycles. The normalized spacial score (nSPS) is 15.9. The van der Waals surface area contributed by atoms with Crippen LogP contribution >= 0.6 is 0 Å². The van der Waals surface area contributed by atoms with Gasteiger partial charge in [-0.05, 0) is 57.9 Å². The Labute approximate surface area is 152 Å². The van der Waals surface area contributed by atoms with Crippen LogP contribution < -0.4 is 5.32 Å². The first-order chi connectivity index (χ1) is 12.2. The molecule has 26 heavy (non-hydrogen) atoms. The molecule has 0 saturated carbocycles. The minimum atomic E-state index is -0.991. The summed E-state index contributed by atoms with van der Waals surface area (Å²) in [7, 11) is 0. The van der Waals surface area contributed by atoms with Crippen LogP contribution in [0.3, 0.4) is 0 Å². The lowest BCUT2D eigenvalue weighted by molar-refractivity contribution is 0.0210. The van der Waals surface area contributed by atoms with E-state index in [2.05, 4.69) is 5.32 Å². The molecule has 0 radical (unpaired) electrons. The molecule has 1 aliphatic heterocycles. The molecule has 3 rings (SSSR count). The van der Waals surface area contributed by atoms with Crippen molar-refractivity contribution in [3.8, 4) is 0 Å². The number of nitrogens with one attached hydrogen (secondary N) is 1. The Morgan fingerprint density at radius 3 is 2.50 bits per heavy atom. The maximum atomic E-state index is 12.1. The van der Waals surface area contributed by atoms with E-state index in [-0.39, 0.29) is 12.1 Å². The summed E-state index contributed by atoms with van der Waals surface area (Å²) in [4.78, 5) is 25.0. The Balaban J connectivity index is 1.59. The number of likely N-dealkylation sites (tertiary alicyclic amines) is 1. The fourth-order valence-corrected chi connectivity index (χ4v) is 3.17. The van der Waals surface area contributed by atoms with Crippen molar-refractivity contribution in [1.82, 2.24) is 9.47 Å². The van der Waals surface area contributed by atoms with E-state index in [1.165, 1.54) is 4.57 Å². The molecule has 2 heterocycles. The second-order valence-electron chi connectivity index (χ2n) is 7.63. The largest absolute Gasteiger partial charge is 0.464 e. The standard InChI is InChI=1S/C19H25N3O4/c1-19(2,3)26-18(25)21-9-7-14(8-10-21)20-15-4-5-16-13(12-15)6-11-22(16)17(23)24/h4-6,11-12,14,20H,7-10H2,1-3H3,(H,23,24). The van der Waals surface area contributed by atoms with Gasteiger partial charge in [0.25, 0.3) is 0 Å². The van der Waals surface area contributed by atoms with Gasteiger partial charge in [0.2, 0.25) is 0 Å². The van der Waals surface area contributed by atoms with Crippen molar-refractivity contribution in [2.75, 3.05) is 18.4 Å². The average molecular weight is 359 g/mol. The number of carbonyl (C=O) groups is 2. The summed E-state index contributed by atoms with van der Waals surface area (Å²) in [5, 5.41) is 13.5. The predicted molar refractivity (Wildman–Crippen MR) is 99.8 cm³/mol. The summed E-state index contributed by atoms with van der Waals surface area (Å²) in [6, 6.07) is 7.71. The quantitative estimate of drug-likeness (QED) is 0.847. The molecule has 2 aromatic rings. The lowest BCUT2D eigenvalue weighted by Crippen LogP contribution is -2.44. The number of anilines is 1. The highest BCUT2D eigenvalue weighted by Gasteiger charge is 2.26. The third-order valence-corrected chi connectivity index (χ3v) is 4.41. The van der Waals surface area contributed by atoms with Crippen LogP contribution in [-0.4, -0.2) is 51.5 Å². The first kappa shape index (κ1) is 18.1. The molecular weight excluding hydrogens is 334 g/mol. The number of nitrogens with zero attached hydrogens (tertiary/aromatic N) is 2. The molecule has 1 saturated heterocycles. The highest BCUT2D eigenvalue weighted by molar-refractivity contribution is 5.90. The van der Waals surface area contributed by atoms with Crippen LogP contribution in [0.25, 0.3) is 10.9 Å². The average Bonchev–Trinajstić information content (AvgIpc) is 2.97. The lowest BCUT2D eigenvalue weighted by Gasteiger charge is -2.34. The third-order valence-electron chi connectivity index (χ3n) is 4.41. The molecule has 1 aromatic heterocycles. The highest BCUT2D eigenvalue weighted by atomic mass is 16.6. The van der Waals surface area contributed by atoms with Crippen LogP contribution in [0.4, 0.5) is 15.3 Å². The van der Waals surface area contributed by atoms with Gasteiger partial charge in [-0.15, -0.1) is 0 Å². The van der Waals surface area contributed by atoms with Gasteiger partial charge in [-0.25, -0.2) is 9.59 Å². The van der Waals surface area contributed by atoms with Crippen LogP contribution in [0.1, 0.15) is 33.6 Å². The van der Waals surface area contributed by atoms with E-state index in [9.17, 15) is 9.59 Å². The Morgan fingerprint density at radius 1 is 1.19 bits per heavy atom. The molecule has 0 aliphatic carbocycles. The zero-order chi connectivity index (χ0) is 18.9. The maximum Gasteiger partial charge on any atom is 0.415 e. The number of ether oxygens (including phenoxy) is 1. The van der Waals surface area contributed by atoms with Crippen molar-refractivity contribution in [2.24, 2.45) is 0 Å². The Morgan fingerprint density at radius 2 is 1.88 bits per heavy atom. The first-order valence-electron chi connectivity index (χ1n) is 8.82. The van der Waals surface area contributed by atoms with Crippen molar-refractivity contribution < 1.29 is 19.4 Å². The number of carbonyl (C=O) groups excluding carboxylic acids is 1. The molecule has 0 atom stereocenters. The molecule has 7 heteroatoms. The molecular formula is C19H25N3O4. The Kier molecular flexibility index (Phi) is 4.80. The van der Waals surface area contributed by atoms with Crippen molar-refractivity contribution in [3.63, 3.8) is 0 Å². The monoisotopic (exact) mass is 359 g/mol. The first-order valence-corrected chi connectivity index (χ1v) is 8.82. The number of rotatable bonds is 2. The minimum Gasteiger partial charge on any atom is -0.464 e. The van der Waals surface area contributed by atoms with Crippen molar-refractivity contribution in [3.05, 3.63) is 30.5 Å². The lowest BCUT2D eigenvalue weighted by atomic mass is 10.0. The van der Waals surface area contributed by atoms with Crippen LogP contribution in [0.15, 0.2) is 30.5 Å². The van der Waals surface area contributed by atoms with Gasteiger partial charge in [0, 0.05) is 36.4 Å². The molecule has 2 N–H and O–H groups in total. The maximum absolute atomic E-state index is 12.1. The number of carboxylic acid groups (broad SMARTS) is 1. The molecule has 0 bridgehead atoms. The van der Waals surface area contributed by atoms with Crippen molar-refractivity contribution >= 4 is 28.8 Å². The number of hydrogen-bond acceptors (Lipinski definition) is 4. The van der Waals surface area contributed by atoms with E-state index in [4.69, 9.17) is 9.84 Å². The van der Waals surface area contributed by atoms with Gasteiger partial charge in [-0.3, -0.25) is 4.57 Å². The summed E-state index contributed by atoms with van der Waals surface area (Å²) < 4.78 is 6.62. The van der Waals surface area contributed by atoms with E-state index in [0.29, 0.717) is 18.6 Å². The second-order valence-corrected chi connectivity index (χ2v) is 7.63. The van der Waals surface area contributed by atoms with Gasteiger partial charge >= 0.3 is 12.2 Å². The van der Waals surface area contributed by atoms with Gasteiger partial charge in [-0.1, -0.05) is 0 Å². The Hall–Kier alpha value is -2.70. The summed E-state index contributed by atoms with van der Waals surface area (Å²) in [5.74, 6) is 0. The number of hydrogen-bond donors (Lipinski definition) is 2. The summed E-state index contributed by atoms with van der Waals surface area (Å²) in [6.45, 7) is 6.92. The molecule has 140 valence electrons. The zero-order valence-corrected chi connectivity index (χ0v) is 15.4. The summed E-state index contributed by atoms with van der Waals surface area (Å²) in [5.41, 5.74) is 1.15. The van der Waals surface area contributed by atoms with E-state index in [0.717, 1.165) is 23.9 Å². The number of aromatic nitrogens is 1. The van der Waals surface area contributed by atoms with Crippen molar-refractivity contribution in [1.29, 1.82) is 0 Å². The molecule has 1 amide bonds. The van der Waals surface area contributed by atoms with Crippen LogP contribution in [-0.2, 0) is 4.74 Å². The molecule has 0 spiro atoms. The second kappa shape index (κ2) is 6.90. The SMILES string of the molecule is CC(C)(C)OC(=O)N1CCC(Nc2ccc3c(ccn3C(=O)O)c2)CC1. The molecule has 1 aliphatic rings. The van der Waals surface area contributed by atoms with E-state index < -0.39 is 11.7 Å². The van der Waals surface area contributed by atoms with E-state index in [1.54, 1.807) is 17.2 Å². The van der Waals surface area contributed by atoms with E-state index >= 15 is 0 Å². The minimum absolute atomic E-state index is 0.257. The summed E-state index contributed by atoms with van der Waals surface area (Å²) >= 11 is 0. The highest BCUT2D eigenvalue weighted by Crippen LogP contribution is 2.23. The number of piperidine rings is 1. The predicted octanol–water partition coefficient (Wildman–Crippen LogP) is 3.98. The summed E-state index contributed by atoms with van der Waals surface area (Å²) in [6.07, 6.45) is 1.99.